The molecule has 0 spiro atoms. The van der Waals surface area contributed by atoms with Gasteiger partial charge in [-0.05, 0) is 128 Å². The molecule has 1 unspecified atom stereocenters. The van der Waals surface area contributed by atoms with Crippen LogP contribution in [0.15, 0.2) is 194 Å². The van der Waals surface area contributed by atoms with Gasteiger partial charge in [0.25, 0.3) is 0 Å². The molecule has 0 saturated carbocycles. The Bertz CT molecular complexity index is 1760. The van der Waals surface area contributed by atoms with Crippen molar-refractivity contribution in [3.63, 3.8) is 0 Å². The van der Waals surface area contributed by atoms with Crippen LogP contribution in [0.2, 0.25) is 0 Å². The molecule has 0 saturated heterocycles. The van der Waals surface area contributed by atoms with Crippen molar-refractivity contribution in [3.05, 3.63) is 194 Å². The number of rotatable bonds is 44. The summed E-state index contributed by atoms with van der Waals surface area (Å²) in [6, 6.07) is 0. The zero-order chi connectivity index (χ0) is 50.7. The molecule has 0 radical (unpaired) electrons. The highest BCUT2D eigenvalue weighted by molar-refractivity contribution is 5.71. The highest BCUT2D eigenvalue weighted by Crippen LogP contribution is 2.08. The molecular weight excluding hydrogens is 865 g/mol. The Hall–Kier alpha value is -5.75. The Morgan fingerprint density at radius 1 is 0.286 bits per heavy atom. The van der Waals surface area contributed by atoms with Crippen LogP contribution >= 0.6 is 0 Å². The quantitative estimate of drug-likeness (QED) is 0.0262. The number of hydrogen-bond donors (Lipinski definition) is 0. The molecule has 0 aliphatic carbocycles. The van der Waals surface area contributed by atoms with E-state index in [1.807, 2.05) is 24.3 Å². The number of esters is 3. The first-order chi connectivity index (χ1) is 34.5. The van der Waals surface area contributed by atoms with Gasteiger partial charge in [-0.3, -0.25) is 14.4 Å². The summed E-state index contributed by atoms with van der Waals surface area (Å²) in [7, 11) is 0. The van der Waals surface area contributed by atoms with E-state index in [9.17, 15) is 14.4 Å². The fourth-order valence-electron chi connectivity index (χ4n) is 6.02. The lowest BCUT2D eigenvalue weighted by atomic mass is 10.2. The standard InChI is InChI=1S/C64H92O6/c1-4-7-10-13-16-19-22-25-28-31-32-34-36-39-42-45-48-51-54-57-63(66)69-60-61(59-68-62(65)56-53-50-47-44-41-38-35-30-27-24-21-18-15-12-9-6-3)70-64(67)58-55-52-49-46-43-40-37-33-29-26-23-20-17-14-11-8-5-2/h7-12,16-21,25-30,32,34,37-42,46-51,61H,4-6,13-15,22-24,31,33,35-36,43-45,52-60H2,1-3H3/b10-7-,11-8-,12-9-,19-16-,20-17-,21-18-,28-25-,29-26-,30-27-,34-32-,40-37-,41-38-,42-39-,49-46-,50-47-,51-48-. The number of unbranched alkanes of at least 4 members (excludes halogenated alkanes) is 1. The Morgan fingerprint density at radius 3 is 0.771 bits per heavy atom. The van der Waals surface area contributed by atoms with Crippen LogP contribution in [0.5, 0.6) is 0 Å². The van der Waals surface area contributed by atoms with E-state index in [1.165, 1.54) is 0 Å². The van der Waals surface area contributed by atoms with E-state index < -0.39 is 24.0 Å². The maximum Gasteiger partial charge on any atom is 0.306 e. The first-order valence-corrected chi connectivity index (χ1v) is 26.4. The van der Waals surface area contributed by atoms with E-state index in [0.29, 0.717) is 19.3 Å². The van der Waals surface area contributed by atoms with Gasteiger partial charge in [-0.15, -0.1) is 0 Å². The normalized spacial score (nSPS) is 13.7. The smallest absolute Gasteiger partial charge is 0.306 e. The minimum absolute atomic E-state index is 0.175. The molecule has 0 heterocycles. The van der Waals surface area contributed by atoms with Gasteiger partial charge in [0.1, 0.15) is 13.2 Å². The van der Waals surface area contributed by atoms with Gasteiger partial charge in [0.2, 0.25) is 0 Å². The van der Waals surface area contributed by atoms with Crippen LogP contribution in [-0.2, 0) is 28.6 Å². The van der Waals surface area contributed by atoms with E-state index in [0.717, 1.165) is 109 Å². The van der Waals surface area contributed by atoms with Crippen molar-refractivity contribution in [1.82, 2.24) is 0 Å². The summed E-state index contributed by atoms with van der Waals surface area (Å²) in [5.74, 6) is -1.21. The fraction of sp³-hybridized carbons (Fsp3) is 0.453. The van der Waals surface area contributed by atoms with E-state index in [2.05, 4.69) is 191 Å². The zero-order valence-electron chi connectivity index (χ0n) is 43.7. The van der Waals surface area contributed by atoms with Crippen molar-refractivity contribution < 1.29 is 28.6 Å². The highest BCUT2D eigenvalue weighted by atomic mass is 16.6. The Balaban J connectivity index is 4.75. The average molecular weight is 957 g/mol. The lowest BCUT2D eigenvalue weighted by molar-refractivity contribution is -0.166. The van der Waals surface area contributed by atoms with Crippen molar-refractivity contribution in [2.75, 3.05) is 13.2 Å². The van der Waals surface area contributed by atoms with E-state index in [4.69, 9.17) is 14.2 Å². The van der Waals surface area contributed by atoms with Crippen molar-refractivity contribution in [2.45, 2.75) is 175 Å². The predicted molar refractivity (Wildman–Crippen MR) is 301 cm³/mol. The zero-order valence-corrected chi connectivity index (χ0v) is 43.7. The third-order valence-corrected chi connectivity index (χ3v) is 9.85. The van der Waals surface area contributed by atoms with Gasteiger partial charge in [-0.2, -0.15) is 0 Å². The molecule has 384 valence electrons. The van der Waals surface area contributed by atoms with Crippen molar-refractivity contribution in [3.8, 4) is 0 Å². The summed E-state index contributed by atoms with van der Waals surface area (Å²) in [5.41, 5.74) is 0. The van der Waals surface area contributed by atoms with E-state index >= 15 is 0 Å². The summed E-state index contributed by atoms with van der Waals surface area (Å²) >= 11 is 0. The molecule has 0 aromatic heterocycles. The maximum absolute atomic E-state index is 12.8. The second-order valence-electron chi connectivity index (χ2n) is 16.3. The lowest BCUT2D eigenvalue weighted by Crippen LogP contribution is -2.30. The number of carbonyl (C=O) groups is 3. The predicted octanol–water partition coefficient (Wildman–Crippen LogP) is 17.9. The molecular formula is C64H92O6. The van der Waals surface area contributed by atoms with Crippen molar-refractivity contribution in [2.24, 2.45) is 0 Å². The van der Waals surface area contributed by atoms with Gasteiger partial charge in [-0.1, -0.05) is 215 Å². The molecule has 6 nitrogen and oxygen atoms in total. The minimum atomic E-state index is -0.881. The van der Waals surface area contributed by atoms with Crippen LogP contribution in [0, 0.1) is 0 Å². The number of ether oxygens (including phenoxy) is 3. The van der Waals surface area contributed by atoms with Gasteiger partial charge in [0, 0.05) is 19.3 Å². The van der Waals surface area contributed by atoms with E-state index in [1.54, 1.807) is 0 Å². The van der Waals surface area contributed by atoms with Gasteiger partial charge in [-0.25, -0.2) is 0 Å². The van der Waals surface area contributed by atoms with Gasteiger partial charge < -0.3 is 14.2 Å². The molecule has 0 fully saturated rings. The fourth-order valence-corrected chi connectivity index (χ4v) is 6.02. The van der Waals surface area contributed by atoms with Crippen LogP contribution in [0.3, 0.4) is 0 Å². The molecule has 0 bridgehead atoms. The number of carbonyl (C=O) groups excluding carboxylic acids is 3. The number of allylic oxidation sites excluding steroid dienone is 32. The first-order valence-electron chi connectivity index (χ1n) is 26.4. The summed E-state index contributed by atoms with van der Waals surface area (Å²) < 4.78 is 16.6. The highest BCUT2D eigenvalue weighted by Gasteiger charge is 2.19. The third kappa shape index (κ3) is 53.2. The van der Waals surface area contributed by atoms with Crippen LogP contribution in [0.1, 0.15) is 168 Å². The first kappa shape index (κ1) is 64.2. The van der Waals surface area contributed by atoms with Crippen molar-refractivity contribution in [1.29, 1.82) is 0 Å². The molecule has 0 aromatic carbocycles. The molecule has 0 amide bonds. The van der Waals surface area contributed by atoms with Gasteiger partial charge in [0.05, 0.1) is 0 Å². The second-order valence-corrected chi connectivity index (χ2v) is 16.3. The molecule has 0 aromatic rings. The summed E-state index contributed by atoms with van der Waals surface area (Å²) in [5, 5.41) is 0. The molecule has 0 aliphatic rings. The maximum atomic E-state index is 12.8. The minimum Gasteiger partial charge on any atom is -0.462 e. The topological polar surface area (TPSA) is 78.9 Å². The Labute approximate surface area is 427 Å². The van der Waals surface area contributed by atoms with Crippen LogP contribution in [-0.4, -0.2) is 37.2 Å². The van der Waals surface area contributed by atoms with Crippen LogP contribution < -0.4 is 0 Å². The van der Waals surface area contributed by atoms with E-state index in [-0.39, 0.29) is 32.5 Å². The molecule has 0 rings (SSSR count). The SMILES string of the molecule is CC/C=C\C/C=C\C/C=C\C/C=C\C/C=C\C/C=C\CCC(=O)OCC(COC(=O)CC/C=C\C/C=C\C/C=C\C/C=C\C/C=C\CC)OC(=O)CCC/C=C\C/C=C\C/C=C\C/C=C\C/C=C\CC. The summed E-state index contributed by atoms with van der Waals surface area (Å²) in [6.07, 6.45) is 85.9. The Kier molecular flexibility index (Phi) is 51.3. The third-order valence-electron chi connectivity index (χ3n) is 9.85. The van der Waals surface area contributed by atoms with Gasteiger partial charge >= 0.3 is 17.9 Å². The molecule has 0 N–H and O–H groups in total. The van der Waals surface area contributed by atoms with Gasteiger partial charge in [0.15, 0.2) is 6.10 Å². The molecule has 6 heteroatoms. The average Bonchev–Trinajstić information content (AvgIpc) is 3.36. The van der Waals surface area contributed by atoms with Crippen LogP contribution in [0.4, 0.5) is 0 Å². The monoisotopic (exact) mass is 957 g/mol. The number of hydrogen-bond acceptors (Lipinski definition) is 6. The molecule has 0 aliphatic heterocycles. The molecule has 70 heavy (non-hydrogen) atoms. The lowest BCUT2D eigenvalue weighted by Gasteiger charge is -2.18. The van der Waals surface area contributed by atoms with Crippen LogP contribution in [0.25, 0.3) is 0 Å². The van der Waals surface area contributed by atoms with Crippen molar-refractivity contribution >= 4 is 17.9 Å². The Morgan fingerprint density at radius 2 is 0.514 bits per heavy atom. The summed E-state index contributed by atoms with van der Waals surface area (Å²) in [6.45, 7) is 6.08. The second kappa shape index (κ2) is 55.8. The summed E-state index contributed by atoms with van der Waals surface area (Å²) in [4.78, 5) is 38.0. The largest absolute Gasteiger partial charge is 0.462 e. The molecule has 1 atom stereocenters.